The molecule has 0 spiro atoms. The first-order valence-corrected chi connectivity index (χ1v) is 17.4. The van der Waals surface area contributed by atoms with E-state index in [9.17, 15) is 15.8 Å². The molecule has 0 saturated heterocycles. The van der Waals surface area contributed by atoms with Gasteiger partial charge in [-0.2, -0.15) is 15.8 Å². The van der Waals surface area contributed by atoms with Gasteiger partial charge in [-0.05, 0) is 103 Å². The van der Waals surface area contributed by atoms with E-state index >= 15 is 0 Å². The normalized spacial score (nSPS) is 14.2. The average molecular weight is 682 g/mol. The summed E-state index contributed by atoms with van der Waals surface area (Å²) in [6, 6.07) is 43.4. The molecule has 53 heavy (non-hydrogen) atoms. The maximum Gasteiger partial charge on any atom is 0.101 e. The number of benzene rings is 5. The molecule has 0 radical (unpaired) electrons. The van der Waals surface area contributed by atoms with Gasteiger partial charge in [-0.3, -0.25) is 0 Å². The lowest BCUT2D eigenvalue weighted by atomic mass is 9.93. The van der Waals surface area contributed by atoms with Crippen molar-refractivity contribution < 1.29 is 0 Å². The van der Waals surface area contributed by atoms with Crippen molar-refractivity contribution in [1.29, 1.82) is 15.8 Å². The number of hydrogen-bond acceptors (Lipinski definition) is 4. The van der Waals surface area contributed by atoms with E-state index in [0.29, 0.717) is 35.2 Å². The van der Waals surface area contributed by atoms with Crippen LogP contribution in [0, 0.1) is 34.0 Å². The third kappa shape index (κ3) is 6.28. The molecule has 0 atom stereocenters. The highest BCUT2D eigenvalue weighted by atomic mass is 15.1. The number of nitriles is 3. The molecule has 0 bridgehead atoms. The van der Waals surface area contributed by atoms with E-state index < -0.39 is 0 Å². The molecule has 0 unspecified atom stereocenters. The predicted octanol–water partition coefficient (Wildman–Crippen LogP) is 11.7. The van der Waals surface area contributed by atoms with E-state index in [4.69, 9.17) is 0 Å². The first kappa shape index (κ1) is 34.1. The highest BCUT2D eigenvalue weighted by molar-refractivity contribution is 5.95. The van der Waals surface area contributed by atoms with E-state index in [1.54, 1.807) is 6.08 Å². The van der Waals surface area contributed by atoms with Crippen molar-refractivity contribution in [2.45, 2.75) is 19.8 Å². The summed E-state index contributed by atoms with van der Waals surface area (Å²) < 4.78 is 2.19. The molecule has 0 amide bonds. The molecule has 6 aromatic rings. The first-order valence-electron chi connectivity index (χ1n) is 17.4. The molecule has 5 aromatic carbocycles. The lowest BCUT2D eigenvalue weighted by molar-refractivity contribution is 1.08. The minimum Gasteiger partial charge on any atom is -0.311 e. The zero-order chi connectivity index (χ0) is 36.9. The van der Waals surface area contributed by atoms with Gasteiger partial charge in [-0.25, -0.2) is 0 Å². The van der Waals surface area contributed by atoms with Crippen LogP contribution in [0.2, 0.25) is 0 Å². The lowest BCUT2D eigenvalue weighted by Gasteiger charge is -2.28. The Hall–Kier alpha value is -7.39. The van der Waals surface area contributed by atoms with Gasteiger partial charge in [0.25, 0.3) is 0 Å². The standard InChI is InChI=1S/C48H35N5/c1-4-12-42-43-19-11-16-39(32-51)48(43)53(46(42)13-5-2)47-21-9-7-18-41(47)37-26-27-38(31-50)44(29-37)36-15-10-17-40(28-36)52-33(3)22-23-34(30-49)24-25-35-14-6-8-20-45(35)52/h4-11,13-24,26-29H,1,3,12,25H2,2H3/b13-5-,23-22-,34-24+. The Morgan fingerprint density at radius 3 is 2.26 bits per heavy atom. The third-order valence-electron chi connectivity index (χ3n) is 9.59. The van der Waals surface area contributed by atoms with Crippen LogP contribution in [0.15, 0.2) is 164 Å². The minimum atomic E-state index is 0.552. The number of hydrogen-bond donors (Lipinski definition) is 0. The summed E-state index contributed by atoms with van der Waals surface area (Å²) >= 11 is 0. The maximum absolute atomic E-state index is 10.4. The van der Waals surface area contributed by atoms with Crippen molar-refractivity contribution in [3.05, 3.63) is 192 Å². The lowest BCUT2D eigenvalue weighted by Crippen LogP contribution is -2.16. The number of fused-ring (bicyclic) bond motifs is 2. The highest BCUT2D eigenvalue weighted by Crippen LogP contribution is 2.40. The molecule has 7 rings (SSSR count). The molecule has 1 aliphatic heterocycles. The van der Waals surface area contributed by atoms with Crippen LogP contribution in [0.1, 0.15) is 34.9 Å². The zero-order valence-electron chi connectivity index (χ0n) is 29.4. The van der Waals surface area contributed by atoms with Gasteiger partial charge in [-0.15, -0.1) is 6.58 Å². The number of anilines is 2. The van der Waals surface area contributed by atoms with Crippen LogP contribution >= 0.6 is 0 Å². The summed E-state index contributed by atoms with van der Waals surface area (Å²) in [5, 5.41) is 31.3. The van der Waals surface area contributed by atoms with Crippen LogP contribution in [0.3, 0.4) is 0 Å². The van der Waals surface area contributed by atoms with Crippen LogP contribution in [-0.2, 0) is 12.8 Å². The Balaban J connectivity index is 1.41. The largest absolute Gasteiger partial charge is 0.311 e. The highest BCUT2D eigenvalue weighted by Gasteiger charge is 2.22. The summed E-state index contributed by atoms with van der Waals surface area (Å²) in [5.74, 6) is 0. The van der Waals surface area contributed by atoms with Gasteiger partial charge in [0.2, 0.25) is 0 Å². The SMILES string of the molecule is C=CCc1c(/C=C\C)n(-c2ccccc2-c2ccc(C#N)c(-c3cccc(N4C(=C)/C=C\C(C#N)=C/Cc5ccccc54)c3)c2)c2c(C#N)cccc12. The zero-order valence-corrected chi connectivity index (χ0v) is 29.4. The van der Waals surface area contributed by atoms with Crippen molar-refractivity contribution in [3.63, 3.8) is 0 Å². The number of allylic oxidation sites excluding steroid dienone is 6. The molecular weight excluding hydrogens is 647 g/mol. The first-order chi connectivity index (χ1) is 26.0. The minimum absolute atomic E-state index is 0.552. The second-order valence-corrected chi connectivity index (χ2v) is 12.7. The average Bonchev–Trinajstić information content (AvgIpc) is 3.53. The smallest absolute Gasteiger partial charge is 0.101 e. The summed E-state index contributed by atoms with van der Waals surface area (Å²) in [5.41, 5.74) is 12.8. The van der Waals surface area contributed by atoms with Crippen molar-refractivity contribution in [2.24, 2.45) is 0 Å². The topological polar surface area (TPSA) is 79.5 Å². The van der Waals surface area contributed by atoms with Gasteiger partial charge in [0.05, 0.1) is 40.2 Å². The van der Waals surface area contributed by atoms with Gasteiger partial charge in [0, 0.05) is 39.2 Å². The molecule has 5 heteroatoms. The fraction of sp³-hybridized carbons (Fsp3) is 0.0625. The van der Waals surface area contributed by atoms with E-state index in [-0.39, 0.29) is 0 Å². The van der Waals surface area contributed by atoms with Gasteiger partial charge < -0.3 is 9.47 Å². The molecule has 1 aromatic heterocycles. The summed E-state index contributed by atoms with van der Waals surface area (Å²) in [7, 11) is 0. The van der Waals surface area contributed by atoms with Gasteiger partial charge in [0.1, 0.15) is 6.07 Å². The van der Waals surface area contributed by atoms with Crippen LogP contribution in [0.5, 0.6) is 0 Å². The van der Waals surface area contributed by atoms with Gasteiger partial charge in [-0.1, -0.05) is 91.5 Å². The molecule has 0 fully saturated rings. The van der Waals surface area contributed by atoms with E-state index in [1.807, 2.05) is 98.0 Å². The van der Waals surface area contributed by atoms with Gasteiger partial charge >= 0.3 is 0 Å². The molecule has 1 aliphatic rings. The fourth-order valence-electron chi connectivity index (χ4n) is 7.22. The Morgan fingerprint density at radius 2 is 1.49 bits per heavy atom. The van der Waals surface area contributed by atoms with E-state index in [0.717, 1.165) is 67.0 Å². The number of para-hydroxylation sites is 3. The molecular formula is C48H35N5. The van der Waals surface area contributed by atoms with Gasteiger partial charge in [0.15, 0.2) is 0 Å². The fourth-order valence-corrected chi connectivity index (χ4v) is 7.22. The predicted molar refractivity (Wildman–Crippen MR) is 216 cm³/mol. The second kappa shape index (κ2) is 14.8. The van der Waals surface area contributed by atoms with Crippen molar-refractivity contribution in [1.82, 2.24) is 4.57 Å². The van der Waals surface area contributed by atoms with Crippen molar-refractivity contribution in [2.75, 3.05) is 4.90 Å². The second-order valence-electron chi connectivity index (χ2n) is 12.7. The summed E-state index contributed by atoms with van der Waals surface area (Å²) in [4.78, 5) is 2.10. The monoisotopic (exact) mass is 681 g/mol. The van der Waals surface area contributed by atoms with E-state index in [2.05, 4.69) is 89.4 Å². The van der Waals surface area contributed by atoms with E-state index in [1.165, 1.54) is 0 Å². The number of nitrogens with zero attached hydrogens (tertiary/aromatic N) is 5. The number of aromatic nitrogens is 1. The molecule has 2 heterocycles. The maximum atomic E-state index is 10.4. The molecule has 0 saturated carbocycles. The molecule has 5 nitrogen and oxygen atoms in total. The third-order valence-corrected chi connectivity index (χ3v) is 9.59. The Morgan fingerprint density at radius 1 is 0.736 bits per heavy atom. The Kier molecular flexibility index (Phi) is 9.54. The molecule has 0 N–H and O–H groups in total. The summed E-state index contributed by atoms with van der Waals surface area (Å²) in [6.45, 7) is 10.4. The van der Waals surface area contributed by atoms with Crippen LogP contribution in [0.4, 0.5) is 11.4 Å². The Labute approximate surface area is 310 Å². The van der Waals surface area contributed by atoms with Crippen molar-refractivity contribution in [3.8, 4) is 46.1 Å². The summed E-state index contributed by atoms with van der Waals surface area (Å²) in [6.07, 6.45) is 12.9. The Bertz CT molecular complexity index is 2660. The van der Waals surface area contributed by atoms with Crippen LogP contribution in [-0.4, -0.2) is 4.57 Å². The molecule has 0 aliphatic carbocycles. The quantitative estimate of drug-likeness (QED) is 0.157. The number of rotatable bonds is 7. The molecule has 252 valence electrons. The van der Waals surface area contributed by atoms with Crippen LogP contribution < -0.4 is 4.90 Å². The van der Waals surface area contributed by atoms with Crippen LogP contribution in [0.25, 0.3) is 44.9 Å². The van der Waals surface area contributed by atoms with Crippen molar-refractivity contribution >= 4 is 28.4 Å².